The van der Waals surface area contributed by atoms with Crippen LogP contribution in [0.15, 0.2) is 28.4 Å². The first-order chi connectivity index (χ1) is 9.22. The van der Waals surface area contributed by atoms with Crippen molar-refractivity contribution < 1.29 is 4.52 Å². The summed E-state index contributed by atoms with van der Waals surface area (Å²) in [6, 6.07) is 1.87. The van der Waals surface area contributed by atoms with Gasteiger partial charge in [0, 0.05) is 23.3 Å². The molecule has 0 aliphatic carbocycles. The van der Waals surface area contributed by atoms with Crippen LogP contribution in [0.25, 0.3) is 11.4 Å². The van der Waals surface area contributed by atoms with Crippen molar-refractivity contribution >= 4 is 16.5 Å². The van der Waals surface area contributed by atoms with Gasteiger partial charge in [-0.1, -0.05) is 5.16 Å². The van der Waals surface area contributed by atoms with Crippen LogP contribution >= 0.6 is 11.3 Å². The maximum absolute atomic E-state index is 5.58. The maximum atomic E-state index is 5.58. The standard InChI is InChI=1S/C12H11N5OS/c1-7-5-14-3-2-9(7)11-16-10(18-17-11)4-8-6-19-12(13)15-8/h2-3,5-6H,4H2,1H3,(H2,13,15). The molecule has 0 saturated heterocycles. The summed E-state index contributed by atoms with van der Waals surface area (Å²) < 4.78 is 5.23. The summed E-state index contributed by atoms with van der Waals surface area (Å²) in [5.41, 5.74) is 8.35. The van der Waals surface area contributed by atoms with E-state index >= 15 is 0 Å². The van der Waals surface area contributed by atoms with Crippen LogP contribution in [-0.2, 0) is 6.42 Å². The van der Waals surface area contributed by atoms with E-state index in [1.807, 2.05) is 18.4 Å². The van der Waals surface area contributed by atoms with Crippen LogP contribution < -0.4 is 5.73 Å². The first-order valence-electron chi connectivity index (χ1n) is 5.66. The van der Waals surface area contributed by atoms with Crippen molar-refractivity contribution in [3.63, 3.8) is 0 Å². The van der Waals surface area contributed by atoms with E-state index in [4.69, 9.17) is 10.3 Å². The highest BCUT2D eigenvalue weighted by atomic mass is 32.1. The number of hydrogen-bond donors (Lipinski definition) is 1. The molecule has 96 valence electrons. The van der Waals surface area contributed by atoms with Gasteiger partial charge in [0.1, 0.15) is 0 Å². The number of thiazole rings is 1. The number of pyridine rings is 1. The van der Waals surface area contributed by atoms with Crippen molar-refractivity contribution in [1.82, 2.24) is 20.1 Å². The number of hydrogen-bond acceptors (Lipinski definition) is 7. The lowest BCUT2D eigenvalue weighted by atomic mass is 10.1. The predicted molar refractivity (Wildman–Crippen MR) is 71.6 cm³/mol. The quantitative estimate of drug-likeness (QED) is 0.785. The Kier molecular flexibility index (Phi) is 2.96. The fraction of sp³-hybridized carbons (Fsp3) is 0.167. The molecule has 0 saturated carbocycles. The number of nitrogen functional groups attached to an aromatic ring is 1. The lowest BCUT2D eigenvalue weighted by molar-refractivity contribution is 0.385. The number of nitrogens with zero attached hydrogens (tertiary/aromatic N) is 4. The molecule has 0 spiro atoms. The third-order valence-corrected chi connectivity index (χ3v) is 3.35. The maximum Gasteiger partial charge on any atom is 0.233 e. The van der Waals surface area contributed by atoms with Gasteiger partial charge in [-0.05, 0) is 18.6 Å². The highest BCUT2D eigenvalue weighted by Gasteiger charge is 2.12. The Bertz CT molecular complexity index is 705. The van der Waals surface area contributed by atoms with Crippen molar-refractivity contribution in [3.05, 3.63) is 41.0 Å². The monoisotopic (exact) mass is 273 g/mol. The Labute approximate surface area is 113 Å². The van der Waals surface area contributed by atoms with Crippen LogP contribution in [0.2, 0.25) is 0 Å². The third kappa shape index (κ3) is 2.45. The second kappa shape index (κ2) is 4.77. The summed E-state index contributed by atoms with van der Waals surface area (Å²) in [7, 11) is 0. The van der Waals surface area contributed by atoms with Crippen molar-refractivity contribution in [2.24, 2.45) is 0 Å². The molecule has 0 aliphatic rings. The molecule has 7 heteroatoms. The van der Waals surface area contributed by atoms with Gasteiger partial charge >= 0.3 is 0 Å². The second-order valence-corrected chi connectivity index (χ2v) is 4.95. The molecule has 3 heterocycles. The van der Waals surface area contributed by atoms with Crippen molar-refractivity contribution in [2.45, 2.75) is 13.3 Å². The summed E-state index contributed by atoms with van der Waals surface area (Å²) in [6.45, 7) is 1.96. The fourth-order valence-corrected chi connectivity index (χ4v) is 2.28. The summed E-state index contributed by atoms with van der Waals surface area (Å²) in [4.78, 5) is 12.6. The Morgan fingerprint density at radius 3 is 3.00 bits per heavy atom. The molecule has 0 aromatic carbocycles. The van der Waals surface area contributed by atoms with Crippen LogP contribution in [0, 0.1) is 6.92 Å². The zero-order valence-corrected chi connectivity index (χ0v) is 11.0. The van der Waals surface area contributed by atoms with Crippen LogP contribution in [0.3, 0.4) is 0 Å². The highest BCUT2D eigenvalue weighted by molar-refractivity contribution is 7.13. The summed E-state index contributed by atoms with van der Waals surface area (Å²) in [5.74, 6) is 1.09. The first-order valence-corrected chi connectivity index (χ1v) is 6.54. The van der Waals surface area contributed by atoms with Crippen molar-refractivity contribution in [2.75, 3.05) is 5.73 Å². The average Bonchev–Trinajstić information content (AvgIpc) is 3.00. The van der Waals surface area contributed by atoms with Crippen LogP contribution in [0.5, 0.6) is 0 Å². The zero-order valence-electron chi connectivity index (χ0n) is 10.2. The Hall–Kier alpha value is -2.28. The smallest absolute Gasteiger partial charge is 0.233 e. The van der Waals surface area contributed by atoms with Gasteiger partial charge in [0.2, 0.25) is 11.7 Å². The number of aromatic nitrogens is 4. The van der Waals surface area contributed by atoms with E-state index in [0.717, 1.165) is 16.8 Å². The molecule has 0 fully saturated rings. The van der Waals surface area contributed by atoms with Gasteiger partial charge in [-0.15, -0.1) is 11.3 Å². The van der Waals surface area contributed by atoms with Crippen molar-refractivity contribution in [1.29, 1.82) is 0 Å². The molecule has 0 atom stereocenters. The van der Waals surface area contributed by atoms with E-state index in [1.54, 1.807) is 12.4 Å². The molecule has 6 nitrogen and oxygen atoms in total. The minimum atomic E-state index is 0.491. The molecule has 3 aromatic heterocycles. The van der Waals surface area contributed by atoms with Gasteiger partial charge in [-0.3, -0.25) is 4.98 Å². The molecule has 0 radical (unpaired) electrons. The molecule has 0 bridgehead atoms. The van der Waals surface area contributed by atoms with E-state index in [-0.39, 0.29) is 0 Å². The lowest BCUT2D eigenvalue weighted by Crippen LogP contribution is -1.91. The molecule has 3 aromatic rings. The Morgan fingerprint density at radius 2 is 2.26 bits per heavy atom. The SMILES string of the molecule is Cc1cnccc1-c1noc(Cc2csc(N)n2)n1. The molecule has 0 amide bonds. The Balaban J connectivity index is 1.86. The summed E-state index contributed by atoms with van der Waals surface area (Å²) in [6.07, 6.45) is 3.97. The number of rotatable bonds is 3. The minimum absolute atomic E-state index is 0.491. The van der Waals surface area contributed by atoms with Crippen LogP contribution in [0.1, 0.15) is 17.1 Å². The first kappa shape index (κ1) is 11.8. The summed E-state index contributed by atoms with van der Waals surface area (Å²) in [5, 5.41) is 6.41. The molecule has 19 heavy (non-hydrogen) atoms. The molecule has 0 unspecified atom stereocenters. The molecular weight excluding hydrogens is 262 g/mol. The van der Waals surface area contributed by atoms with E-state index < -0.39 is 0 Å². The van der Waals surface area contributed by atoms with Gasteiger partial charge in [0.15, 0.2) is 5.13 Å². The molecular formula is C12H11N5OS. The summed E-state index contributed by atoms with van der Waals surface area (Å²) >= 11 is 1.40. The van der Waals surface area contributed by atoms with E-state index in [1.165, 1.54) is 11.3 Å². The highest BCUT2D eigenvalue weighted by Crippen LogP contribution is 2.20. The number of nitrogens with two attached hydrogens (primary N) is 1. The van der Waals surface area contributed by atoms with Gasteiger partial charge < -0.3 is 10.3 Å². The molecule has 0 aliphatic heterocycles. The largest absolute Gasteiger partial charge is 0.375 e. The lowest BCUT2D eigenvalue weighted by Gasteiger charge is -1.97. The third-order valence-electron chi connectivity index (χ3n) is 2.63. The van der Waals surface area contributed by atoms with Gasteiger partial charge in [-0.2, -0.15) is 4.98 Å². The topological polar surface area (TPSA) is 90.7 Å². The predicted octanol–water partition coefficient (Wildman–Crippen LogP) is 2.07. The van der Waals surface area contributed by atoms with Crippen LogP contribution in [0.4, 0.5) is 5.13 Å². The minimum Gasteiger partial charge on any atom is -0.375 e. The number of aryl methyl sites for hydroxylation is 1. The van der Waals surface area contributed by atoms with Crippen molar-refractivity contribution in [3.8, 4) is 11.4 Å². The van der Waals surface area contributed by atoms with E-state index in [0.29, 0.717) is 23.3 Å². The normalized spacial score (nSPS) is 10.8. The Morgan fingerprint density at radius 1 is 1.37 bits per heavy atom. The van der Waals surface area contributed by atoms with E-state index in [9.17, 15) is 0 Å². The number of anilines is 1. The van der Waals surface area contributed by atoms with Gasteiger partial charge in [-0.25, -0.2) is 4.98 Å². The molecule has 3 rings (SSSR count). The van der Waals surface area contributed by atoms with E-state index in [2.05, 4.69) is 20.1 Å². The van der Waals surface area contributed by atoms with Gasteiger partial charge in [0.25, 0.3) is 0 Å². The average molecular weight is 273 g/mol. The second-order valence-electron chi connectivity index (χ2n) is 4.06. The zero-order chi connectivity index (χ0) is 13.2. The van der Waals surface area contributed by atoms with Gasteiger partial charge in [0.05, 0.1) is 12.1 Å². The molecule has 2 N–H and O–H groups in total. The van der Waals surface area contributed by atoms with Crippen LogP contribution in [-0.4, -0.2) is 20.1 Å². The fourth-order valence-electron chi connectivity index (χ4n) is 1.72.